The van der Waals surface area contributed by atoms with Gasteiger partial charge in [0, 0.05) is 19.0 Å². The second-order valence-electron chi connectivity index (χ2n) is 7.45. The summed E-state index contributed by atoms with van der Waals surface area (Å²) in [6, 6.07) is 0.334. The molecule has 4 nitrogen and oxygen atoms in total. The number of carbonyl (C=O) groups excluding carboxylic acids is 2. The van der Waals surface area contributed by atoms with Gasteiger partial charge in [-0.05, 0) is 25.2 Å². The van der Waals surface area contributed by atoms with Crippen molar-refractivity contribution in [2.45, 2.75) is 83.6 Å². The first-order valence-electron chi connectivity index (χ1n) is 9.49. The van der Waals surface area contributed by atoms with Crippen LogP contribution in [0.4, 0.5) is 0 Å². The lowest BCUT2D eigenvalue weighted by atomic mass is 9.86. The van der Waals surface area contributed by atoms with Gasteiger partial charge in [0.15, 0.2) is 0 Å². The molecule has 0 spiro atoms. The molecule has 0 bridgehead atoms. The second-order valence-corrected chi connectivity index (χ2v) is 7.45. The molecule has 2 aliphatic carbocycles. The molecule has 0 aromatic rings. The first kappa shape index (κ1) is 18.3. The van der Waals surface area contributed by atoms with E-state index in [2.05, 4.69) is 0 Å². The van der Waals surface area contributed by atoms with E-state index in [1.807, 2.05) is 11.8 Å². The van der Waals surface area contributed by atoms with E-state index in [-0.39, 0.29) is 17.8 Å². The molecule has 1 atom stereocenters. The molecule has 0 heterocycles. The third-order valence-corrected chi connectivity index (χ3v) is 5.65. The number of methoxy groups -OCH3 is 1. The number of amides is 1. The Morgan fingerprint density at radius 3 is 2.26 bits per heavy atom. The Bertz CT molecular complexity index is 384. The summed E-state index contributed by atoms with van der Waals surface area (Å²) in [6.45, 7) is 2.38. The van der Waals surface area contributed by atoms with Crippen molar-refractivity contribution in [3.63, 3.8) is 0 Å². The monoisotopic (exact) mass is 323 g/mol. The van der Waals surface area contributed by atoms with E-state index < -0.39 is 0 Å². The number of nitrogens with zero attached hydrogens (tertiary/aromatic N) is 1. The Kier molecular flexibility index (Phi) is 7.38. The van der Waals surface area contributed by atoms with Gasteiger partial charge in [0.2, 0.25) is 5.91 Å². The summed E-state index contributed by atoms with van der Waals surface area (Å²) in [6.07, 6.45) is 12.8. The quantitative estimate of drug-likeness (QED) is 0.667. The number of carbonyl (C=O) groups is 2. The van der Waals surface area contributed by atoms with Crippen molar-refractivity contribution in [1.29, 1.82) is 0 Å². The van der Waals surface area contributed by atoms with Crippen LogP contribution in [0.2, 0.25) is 0 Å². The van der Waals surface area contributed by atoms with Gasteiger partial charge in [-0.2, -0.15) is 0 Å². The van der Waals surface area contributed by atoms with Crippen LogP contribution in [0, 0.1) is 11.8 Å². The number of ether oxygens (including phenoxy) is 1. The van der Waals surface area contributed by atoms with Gasteiger partial charge in [-0.25, -0.2) is 0 Å². The van der Waals surface area contributed by atoms with Crippen LogP contribution in [0.15, 0.2) is 0 Å². The van der Waals surface area contributed by atoms with Gasteiger partial charge in [-0.1, -0.05) is 51.9 Å². The van der Waals surface area contributed by atoms with E-state index in [9.17, 15) is 9.59 Å². The second kappa shape index (κ2) is 9.29. The zero-order chi connectivity index (χ0) is 16.7. The molecule has 0 aliphatic heterocycles. The van der Waals surface area contributed by atoms with Crippen LogP contribution < -0.4 is 0 Å². The summed E-state index contributed by atoms with van der Waals surface area (Å²) in [5.74, 6) is 0.529. The van der Waals surface area contributed by atoms with E-state index in [0.717, 1.165) is 25.2 Å². The molecule has 23 heavy (non-hydrogen) atoms. The van der Waals surface area contributed by atoms with E-state index in [1.165, 1.54) is 52.1 Å². The number of esters is 1. The molecular formula is C19H33NO3. The average Bonchev–Trinajstić information content (AvgIpc) is 3.11. The lowest BCUT2D eigenvalue weighted by molar-refractivity contribution is -0.147. The first-order valence-corrected chi connectivity index (χ1v) is 9.49. The van der Waals surface area contributed by atoms with Gasteiger partial charge < -0.3 is 9.64 Å². The Morgan fingerprint density at radius 1 is 1.04 bits per heavy atom. The fourth-order valence-electron chi connectivity index (χ4n) is 4.19. The van der Waals surface area contributed by atoms with Crippen LogP contribution in [-0.2, 0) is 14.3 Å². The summed E-state index contributed by atoms with van der Waals surface area (Å²) in [5.41, 5.74) is 0. The Labute approximate surface area is 140 Å². The molecule has 2 rings (SSSR count). The standard InChI is InChI=1S/C19H33NO3/c1-15(19(22)23-2)14-20(17-10-6-7-11-17)18(21)13-12-16-8-4-3-5-9-16/h15-17H,3-14H2,1-2H3. The molecule has 2 fully saturated rings. The van der Waals surface area contributed by atoms with Crippen molar-refractivity contribution in [2.24, 2.45) is 11.8 Å². The van der Waals surface area contributed by atoms with E-state index >= 15 is 0 Å². The fraction of sp³-hybridized carbons (Fsp3) is 0.895. The molecule has 1 unspecified atom stereocenters. The highest BCUT2D eigenvalue weighted by atomic mass is 16.5. The van der Waals surface area contributed by atoms with Crippen LogP contribution in [0.5, 0.6) is 0 Å². The van der Waals surface area contributed by atoms with Crippen LogP contribution >= 0.6 is 0 Å². The van der Waals surface area contributed by atoms with Crippen molar-refractivity contribution < 1.29 is 14.3 Å². The van der Waals surface area contributed by atoms with Gasteiger partial charge >= 0.3 is 5.97 Å². The molecule has 132 valence electrons. The number of hydrogen-bond acceptors (Lipinski definition) is 3. The molecule has 2 saturated carbocycles. The Balaban J connectivity index is 1.89. The minimum atomic E-state index is -0.237. The van der Waals surface area contributed by atoms with E-state index in [0.29, 0.717) is 19.0 Å². The van der Waals surface area contributed by atoms with Crippen molar-refractivity contribution in [2.75, 3.05) is 13.7 Å². The van der Waals surface area contributed by atoms with Gasteiger partial charge in [0.05, 0.1) is 13.0 Å². The predicted octanol–water partition coefficient (Wildman–Crippen LogP) is 3.93. The van der Waals surface area contributed by atoms with Crippen molar-refractivity contribution in [3.8, 4) is 0 Å². The van der Waals surface area contributed by atoms with E-state index in [4.69, 9.17) is 4.74 Å². The van der Waals surface area contributed by atoms with Crippen LogP contribution in [0.25, 0.3) is 0 Å². The average molecular weight is 323 g/mol. The number of hydrogen-bond donors (Lipinski definition) is 0. The SMILES string of the molecule is COC(=O)C(C)CN(C(=O)CCC1CCCCC1)C1CCCC1. The maximum atomic E-state index is 12.8. The highest BCUT2D eigenvalue weighted by Crippen LogP contribution is 2.29. The molecule has 0 N–H and O–H groups in total. The molecule has 0 radical (unpaired) electrons. The fourth-order valence-corrected chi connectivity index (χ4v) is 4.19. The smallest absolute Gasteiger partial charge is 0.310 e. The van der Waals surface area contributed by atoms with E-state index in [1.54, 1.807) is 0 Å². The maximum Gasteiger partial charge on any atom is 0.310 e. The predicted molar refractivity (Wildman–Crippen MR) is 91.0 cm³/mol. The molecule has 4 heteroatoms. The lowest BCUT2D eigenvalue weighted by Gasteiger charge is -2.31. The maximum absolute atomic E-state index is 12.8. The minimum absolute atomic E-state index is 0.215. The highest BCUT2D eigenvalue weighted by molar-refractivity contribution is 5.78. The summed E-state index contributed by atoms with van der Waals surface area (Å²) < 4.78 is 4.83. The zero-order valence-corrected chi connectivity index (χ0v) is 14.9. The highest BCUT2D eigenvalue weighted by Gasteiger charge is 2.30. The van der Waals surface area contributed by atoms with Crippen LogP contribution in [0.3, 0.4) is 0 Å². The Hall–Kier alpha value is -1.06. The first-order chi connectivity index (χ1) is 11.1. The van der Waals surface area contributed by atoms with Gasteiger partial charge in [0.1, 0.15) is 0 Å². The molecule has 0 saturated heterocycles. The van der Waals surface area contributed by atoms with Crippen LogP contribution in [0.1, 0.15) is 77.6 Å². The van der Waals surface area contributed by atoms with Crippen molar-refractivity contribution in [3.05, 3.63) is 0 Å². The van der Waals surface area contributed by atoms with Crippen molar-refractivity contribution in [1.82, 2.24) is 4.90 Å². The summed E-state index contributed by atoms with van der Waals surface area (Å²) >= 11 is 0. The molecule has 0 aromatic carbocycles. The third kappa shape index (κ3) is 5.50. The normalized spacial score (nSPS) is 21.1. The third-order valence-electron chi connectivity index (χ3n) is 5.65. The summed E-state index contributed by atoms with van der Waals surface area (Å²) in [7, 11) is 1.42. The van der Waals surface area contributed by atoms with Gasteiger partial charge in [-0.3, -0.25) is 9.59 Å². The largest absolute Gasteiger partial charge is 0.469 e. The minimum Gasteiger partial charge on any atom is -0.469 e. The van der Waals surface area contributed by atoms with Gasteiger partial charge in [-0.15, -0.1) is 0 Å². The zero-order valence-electron chi connectivity index (χ0n) is 14.9. The topological polar surface area (TPSA) is 46.6 Å². The Morgan fingerprint density at radius 2 is 1.65 bits per heavy atom. The van der Waals surface area contributed by atoms with Crippen LogP contribution in [-0.4, -0.2) is 36.5 Å². The van der Waals surface area contributed by atoms with Gasteiger partial charge in [0.25, 0.3) is 0 Å². The molecular weight excluding hydrogens is 290 g/mol. The summed E-state index contributed by atoms with van der Waals surface area (Å²) in [4.78, 5) is 26.5. The van der Waals surface area contributed by atoms with Crippen molar-refractivity contribution >= 4 is 11.9 Å². The number of rotatable bonds is 7. The molecule has 0 aromatic heterocycles. The lowest BCUT2D eigenvalue weighted by Crippen LogP contribution is -2.43. The summed E-state index contributed by atoms with van der Waals surface area (Å²) in [5, 5.41) is 0. The molecule has 2 aliphatic rings. The molecule has 1 amide bonds.